The van der Waals surface area contributed by atoms with E-state index in [1.54, 1.807) is 0 Å². The number of benzene rings is 2. The largest absolute Gasteiger partial charge is 0.419 e. The van der Waals surface area contributed by atoms with Crippen LogP contribution < -0.4 is 0 Å². The van der Waals surface area contributed by atoms with Crippen LogP contribution in [0.4, 0.5) is 17.6 Å². The summed E-state index contributed by atoms with van der Waals surface area (Å²) < 4.78 is 52.1. The summed E-state index contributed by atoms with van der Waals surface area (Å²) in [6.45, 7) is 0.675. The summed E-state index contributed by atoms with van der Waals surface area (Å²) in [7, 11) is 0. The van der Waals surface area contributed by atoms with Gasteiger partial charge in [-0.25, -0.2) is 4.39 Å². The van der Waals surface area contributed by atoms with Crippen molar-refractivity contribution in [2.45, 2.75) is 19.1 Å². The maximum atomic E-state index is 13.4. The Hall–Kier alpha value is -2.83. The molecule has 3 nitrogen and oxygen atoms in total. The van der Waals surface area contributed by atoms with E-state index in [2.05, 4.69) is 4.98 Å². The van der Waals surface area contributed by atoms with Gasteiger partial charge in [-0.15, -0.1) is 0 Å². The Kier molecular flexibility index (Phi) is 3.75. The number of fused-ring (bicyclic) bond motifs is 3. The number of alkyl halides is 3. The quantitative estimate of drug-likeness (QED) is 0.635. The van der Waals surface area contributed by atoms with Crippen LogP contribution in [0.2, 0.25) is 0 Å². The summed E-state index contributed by atoms with van der Waals surface area (Å²) in [6, 6.07) is 10.1. The highest BCUT2D eigenvalue weighted by atomic mass is 19.4. The molecule has 1 aliphatic heterocycles. The lowest BCUT2D eigenvalue weighted by Crippen LogP contribution is -2.36. The van der Waals surface area contributed by atoms with E-state index in [4.69, 9.17) is 0 Å². The number of carbonyl (C=O) groups excluding carboxylic acids is 1. The molecule has 2 aromatic carbocycles. The Labute approximate surface area is 146 Å². The molecule has 1 amide bonds. The van der Waals surface area contributed by atoms with Crippen LogP contribution in [0, 0.1) is 5.82 Å². The van der Waals surface area contributed by atoms with Crippen molar-refractivity contribution in [2.75, 3.05) is 6.54 Å². The van der Waals surface area contributed by atoms with Gasteiger partial charge in [0.25, 0.3) is 5.91 Å². The van der Waals surface area contributed by atoms with E-state index in [-0.39, 0.29) is 12.1 Å². The number of aromatic amines is 1. The maximum Gasteiger partial charge on any atom is 0.419 e. The first-order chi connectivity index (χ1) is 12.3. The molecule has 4 rings (SSSR count). The molecular formula is C19H14F4N2O. The fraction of sp³-hybridized carbons (Fsp3) is 0.211. The highest BCUT2D eigenvalue weighted by Gasteiger charge is 2.35. The Balaban J connectivity index is 1.64. The van der Waals surface area contributed by atoms with Gasteiger partial charge in [0.05, 0.1) is 12.1 Å². The van der Waals surface area contributed by atoms with Crippen molar-refractivity contribution in [1.29, 1.82) is 0 Å². The summed E-state index contributed by atoms with van der Waals surface area (Å²) in [6.07, 6.45) is -4.23. The monoisotopic (exact) mass is 362 g/mol. The second kappa shape index (κ2) is 5.86. The first-order valence-electron chi connectivity index (χ1n) is 8.09. The minimum absolute atomic E-state index is 0.168. The van der Waals surface area contributed by atoms with Gasteiger partial charge in [-0.2, -0.15) is 13.2 Å². The minimum Gasteiger partial charge on any atom is -0.357 e. The third-order valence-corrected chi connectivity index (χ3v) is 4.69. The fourth-order valence-corrected chi connectivity index (χ4v) is 3.42. The molecule has 7 heteroatoms. The third kappa shape index (κ3) is 2.73. The molecule has 1 aromatic heterocycles. The van der Waals surface area contributed by atoms with E-state index in [1.807, 2.05) is 24.3 Å². The lowest BCUT2D eigenvalue weighted by atomic mass is 10.0. The van der Waals surface area contributed by atoms with E-state index in [0.717, 1.165) is 28.2 Å². The summed E-state index contributed by atoms with van der Waals surface area (Å²) in [5, 5.41) is 1.09. The smallest absolute Gasteiger partial charge is 0.357 e. The minimum atomic E-state index is -4.84. The average molecular weight is 362 g/mol. The second-order valence-electron chi connectivity index (χ2n) is 6.30. The number of hydrogen-bond acceptors (Lipinski definition) is 1. The van der Waals surface area contributed by atoms with Crippen LogP contribution in [0.3, 0.4) is 0 Å². The summed E-state index contributed by atoms with van der Waals surface area (Å²) in [5.41, 5.74) is 1.38. The normalized spacial score (nSPS) is 14.5. The topological polar surface area (TPSA) is 36.1 Å². The number of nitrogens with one attached hydrogen (secondary N) is 1. The van der Waals surface area contributed by atoms with Gasteiger partial charge < -0.3 is 9.88 Å². The predicted octanol–water partition coefficient (Wildman–Crippen LogP) is 4.52. The SMILES string of the molecule is O=C(c1ccc(F)c(C(F)(F)F)c1)N1CCc2c([nH]c3ccccc23)C1. The third-order valence-electron chi connectivity index (χ3n) is 4.69. The van der Waals surface area contributed by atoms with Gasteiger partial charge in [0.1, 0.15) is 5.82 Å². The van der Waals surface area contributed by atoms with Crippen LogP contribution in [-0.2, 0) is 19.1 Å². The molecule has 26 heavy (non-hydrogen) atoms. The number of carbonyl (C=O) groups is 1. The van der Waals surface area contributed by atoms with Gasteiger partial charge in [-0.3, -0.25) is 4.79 Å². The molecule has 1 aliphatic rings. The Morgan fingerprint density at radius 2 is 1.88 bits per heavy atom. The van der Waals surface area contributed by atoms with Gasteiger partial charge in [0.2, 0.25) is 0 Å². The number of hydrogen-bond donors (Lipinski definition) is 1. The van der Waals surface area contributed by atoms with Crippen molar-refractivity contribution in [3.63, 3.8) is 0 Å². The van der Waals surface area contributed by atoms with Crippen molar-refractivity contribution in [3.05, 3.63) is 70.7 Å². The molecule has 0 unspecified atom stereocenters. The Morgan fingerprint density at radius 3 is 2.65 bits per heavy atom. The molecule has 0 saturated heterocycles. The fourth-order valence-electron chi connectivity index (χ4n) is 3.42. The highest BCUT2D eigenvalue weighted by Crippen LogP contribution is 2.33. The molecule has 0 spiro atoms. The van der Waals surface area contributed by atoms with E-state index < -0.39 is 23.5 Å². The van der Waals surface area contributed by atoms with Crippen LogP contribution in [0.1, 0.15) is 27.2 Å². The zero-order valence-electron chi connectivity index (χ0n) is 13.5. The highest BCUT2D eigenvalue weighted by molar-refractivity contribution is 5.95. The van der Waals surface area contributed by atoms with Crippen molar-refractivity contribution >= 4 is 16.8 Å². The Morgan fingerprint density at radius 1 is 1.12 bits per heavy atom. The molecule has 0 atom stereocenters. The molecular weight excluding hydrogens is 348 g/mol. The zero-order valence-corrected chi connectivity index (χ0v) is 13.5. The predicted molar refractivity (Wildman–Crippen MR) is 88.1 cm³/mol. The second-order valence-corrected chi connectivity index (χ2v) is 6.30. The van der Waals surface area contributed by atoms with Crippen molar-refractivity contribution in [3.8, 4) is 0 Å². The number of H-pyrrole nitrogens is 1. The standard InChI is InChI=1S/C19H14F4N2O/c20-15-6-5-11(9-14(15)19(21,22)23)18(26)25-8-7-13-12-3-1-2-4-16(12)24-17(13)10-25/h1-6,9,24H,7-8,10H2. The summed E-state index contributed by atoms with van der Waals surface area (Å²) >= 11 is 0. The van der Waals surface area contributed by atoms with E-state index in [1.165, 1.54) is 4.90 Å². The van der Waals surface area contributed by atoms with Crippen LogP contribution in [0.5, 0.6) is 0 Å². The zero-order chi connectivity index (χ0) is 18.5. The first-order valence-corrected chi connectivity index (χ1v) is 8.09. The summed E-state index contributed by atoms with van der Waals surface area (Å²) in [4.78, 5) is 17.4. The van der Waals surface area contributed by atoms with Crippen LogP contribution in [0.25, 0.3) is 10.9 Å². The molecule has 3 aromatic rings. The number of aromatic nitrogens is 1. The van der Waals surface area contributed by atoms with Gasteiger partial charge in [0.15, 0.2) is 0 Å². The van der Waals surface area contributed by atoms with Crippen molar-refractivity contribution < 1.29 is 22.4 Å². The van der Waals surface area contributed by atoms with Gasteiger partial charge in [0, 0.05) is 28.7 Å². The lowest BCUT2D eigenvalue weighted by Gasteiger charge is -2.27. The average Bonchev–Trinajstić information content (AvgIpc) is 2.98. The van der Waals surface area contributed by atoms with E-state index >= 15 is 0 Å². The van der Waals surface area contributed by atoms with Crippen LogP contribution in [0.15, 0.2) is 42.5 Å². The number of halogens is 4. The van der Waals surface area contributed by atoms with Crippen molar-refractivity contribution in [2.24, 2.45) is 0 Å². The number of nitrogens with zero attached hydrogens (tertiary/aromatic N) is 1. The molecule has 134 valence electrons. The molecule has 0 fully saturated rings. The van der Waals surface area contributed by atoms with Gasteiger partial charge in [-0.1, -0.05) is 18.2 Å². The van der Waals surface area contributed by atoms with E-state index in [0.29, 0.717) is 25.1 Å². The number of para-hydroxylation sites is 1. The van der Waals surface area contributed by atoms with Crippen LogP contribution >= 0.6 is 0 Å². The van der Waals surface area contributed by atoms with Gasteiger partial charge in [-0.05, 0) is 36.2 Å². The molecule has 0 aliphatic carbocycles. The van der Waals surface area contributed by atoms with E-state index in [9.17, 15) is 22.4 Å². The molecule has 0 bridgehead atoms. The van der Waals surface area contributed by atoms with Gasteiger partial charge >= 0.3 is 6.18 Å². The molecule has 0 saturated carbocycles. The Bertz CT molecular complexity index is 1010. The number of amides is 1. The maximum absolute atomic E-state index is 13.4. The first kappa shape index (κ1) is 16.6. The molecule has 1 N–H and O–H groups in total. The number of rotatable bonds is 1. The lowest BCUT2D eigenvalue weighted by molar-refractivity contribution is -0.140. The molecule has 2 heterocycles. The summed E-state index contributed by atoms with van der Waals surface area (Å²) in [5.74, 6) is -1.93. The molecule has 0 radical (unpaired) electrons. The van der Waals surface area contributed by atoms with Crippen molar-refractivity contribution in [1.82, 2.24) is 9.88 Å². The van der Waals surface area contributed by atoms with Crippen LogP contribution in [-0.4, -0.2) is 22.3 Å².